The molecule has 142 valence electrons. The van der Waals surface area contributed by atoms with Gasteiger partial charge in [0.1, 0.15) is 5.52 Å². The van der Waals surface area contributed by atoms with Crippen LogP contribution in [0.1, 0.15) is 36.2 Å². The molecule has 0 unspecified atom stereocenters. The van der Waals surface area contributed by atoms with E-state index in [0.717, 1.165) is 17.5 Å². The standard InChI is InChI=1S/C22H22N4O2/c1-3-15(2)24-21(27)17-10-8-16(9-11-17)14-26-20-18(6-4-12-23-20)25-13-5-7-19(25)22(26)28/h4-13,15H,3,14H2,1-2H3,(H,24,27)/t15-/m0/s1. The Morgan fingerprint density at radius 2 is 1.86 bits per heavy atom. The molecule has 1 amide bonds. The van der Waals surface area contributed by atoms with Gasteiger partial charge in [0, 0.05) is 24.0 Å². The number of carbonyl (C=O) groups is 1. The van der Waals surface area contributed by atoms with Gasteiger partial charge in [0.25, 0.3) is 11.5 Å². The molecule has 0 aliphatic rings. The van der Waals surface area contributed by atoms with Crippen molar-refractivity contribution >= 4 is 22.6 Å². The van der Waals surface area contributed by atoms with Crippen molar-refractivity contribution in [1.82, 2.24) is 19.3 Å². The highest BCUT2D eigenvalue weighted by Crippen LogP contribution is 2.15. The highest BCUT2D eigenvalue weighted by molar-refractivity contribution is 5.94. The van der Waals surface area contributed by atoms with Crippen LogP contribution in [0.2, 0.25) is 0 Å². The first-order valence-corrected chi connectivity index (χ1v) is 9.43. The summed E-state index contributed by atoms with van der Waals surface area (Å²) >= 11 is 0. The number of fused-ring (bicyclic) bond motifs is 3. The minimum Gasteiger partial charge on any atom is -0.350 e. The van der Waals surface area contributed by atoms with E-state index >= 15 is 0 Å². The number of aromatic nitrogens is 3. The molecule has 0 bridgehead atoms. The molecule has 1 N–H and O–H groups in total. The summed E-state index contributed by atoms with van der Waals surface area (Å²) in [6, 6.07) is 15.0. The lowest BCUT2D eigenvalue weighted by Gasteiger charge is -2.13. The molecular formula is C22H22N4O2. The summed E-state index contributed by atoms with van der Waals surface area (Å²) < 4.78 is 3.54. The first kappa shape index (κ1) is 18.0. The predicted octanol–water partition coefficient (Wildman–Crippen LogP) is 3.23. The fraction of sp³-hybridized carbons (Fsp3) is 0.227. The van der Waals surface area contributed by atoms with Crippen LogP contribution in [0.4, 0.5) is 0 Å². The molecule has 6 heteroatoms. The van der Waals surface area contributed by atoms with Crippen LogP contribution in [0.25, 0.3) is 16.7 Å². The Morgan fingerprint density at radius 1 is 1.11 bits per heavy atom. The van der Waals surface area contributed by atoms with Gasteiger partial charge in [-0.2, -0.15) is 0 Å². The first-order valence-electron chi connectivity index (χ1n) is 9.43. The maximum Gasteiger partial charge on any atom is 0.276 e. The van der Waals surface area contributed by atoms with Crippen LogP contribution in [0.3, 0.4) is 0 Å². The van der Waals surface area contributed by atoms with Crippen molar-refractivity contribution in [3.63, 3.8) is 0 Å². The van der Waals surface area contributed by atoms with Gasteiger partial charge in [0.05, 0.1) is 12.1 Å². The zero-order valence-electron chi connectivity index (χ0n) is 15.9. The third kappa shape index (κ3) is 3.17. The van der Waals surface area contributed by atoms with E-state index in [1.54, 1.807) is 22.9 Å². The molecule has 0 saturated carbocycles. The van der Waals surface area contributed by atoms with Crippen LogP contribution in [-0.4, -0.2) is 25.9 Å². The Bertz CT molecular complexity index is 1200. The van der Waals surface area contributed by atoms with Crippen molar-refractivity contribution < 1.29 is 4.79 Å². The van der Waals surface area contributed by atoms with Crippen LogP contribution in [0.15, 0.2) is 65.7 Å². The summed E-state index contributed by atoms with van der Waals surface area (Å²) in [5.74, 6) is -0.0835. The molecule has 0 aliphatic carbocycles. The van der Waals surface area contributed by atoms with E-state index in [0.29, 0.717) is 23.3 Å². The lowest BCUT2D eigenvalue weighted by molar-refractivity contribution is 0.0939. The van der Waals surface area contributed by atoms with Gasteiger partial charge in [-0.3, -0.25) is 14.2 Å². The number of nitrogens with zero attached hydrogens (tertiary/aromatic N) is 3. The molecular weight excluding hydrogens is 352 g/mol. The summed E-state index contributed by atoms with van der Waals surface area (Å²) in [5, 5.41) is 2.96. The smallest absolute Gasteiger partial charge is 0.276 e. The largest absolute Gasteiger partial charge is 0.350 e. The third-order valence-corrected chi connectivity index (χ3v) is 5.04. The first-order chi connectivity index (χ1) is 13.6. The van der Waals surface area contributed by atoms with Gasteiger partial charge in [0.15, 0.2) is 5.65 Å². The van der Waals surface area contributed by atoms with Crippen LogP contribution in [0.5, 0.6) is 0 Å². The zero-order chi connectivity index (χ0) is 19.7. The molecule has 3 heterocycles. The van der Waals surface area contributed by atoms with E-state index < -0.39 is 0 Å². The fourth-order valence-corrected chi connectivity index (χ4v) is 3.28. The summed E-state index contributed by atoms with van der Waals surface area (Å²) in [6.07, 6.45) is 4.45. The van der Waals surface area contributed by atoms with E-state index in [4.69, 9.17) is 0 Å². The van der Waals surface area contributed by atoms with E-state index in [1.165, 1.54) is 0 Å². The summed E-state index contributed by atoms with van der Waals surface area (Å²) in [5.41, 5.74) is 3.59. The van der Waals surface area contributed by atoms with Crippen LogP contribution >= 0.6 is 0 Å². The van der Waals surface area contributed by atoms with Gasteiger partial charge in [-0.15, -0.1) is 0 Å². The van der Waals surface area contributed by atoms with Crippen molar-refractivity contribution in [3.05, 3.63) is 82.4 Å². The third-order valence-electron chi connectivity index (χ3n) is 5.04. The molecule has 0 fully saturated rings. The molecule has 0 aliphatic heterocycles. The Kier molecular flexibility index (Phi) is 4.69. The van der Waals surface area contributed by atoms with E-state index in [2.05, 4.69) is 10.3 Å². The topological polar surface area (TPSA) is 68.4 Å². The summed E-state index contributed by atoms with van der Waals surface area (Å²) in [4.78, 5) is 29.7. The lowest BCUT2D eigenvalue weighted by atomic mass is 10.1. The monoisotopic (exact) mass is 374 g/mol. The molecule has 4 rings (SSSR count). The Hall–Kier alpha value is -3.41. The second kappa shape index (κ2) is 7.31. The minimum absolute atomic E-state index is 0.0835. The highest BCUT2D eigenvalue weighted by atomic mass is 16.1. The second-order valence-corrected chi connectivity index (χ2v) is 6.98. The zero-order valence-corrected chi connectivity index (χ0v) is 15.9. The molecule has 28 heavy (non-hydrogen) atoms. The minimum atomic E-state index is -0.0882. The number of pyridine rings is 1. The van der Waals surface area contributed by atoms with Crippen molar-refractivity contribution in [2.75, 3.05) is 0 Å². The molecule has 6 nitrogen and oxygen atoms in total. The van der Waals surface area contributed by atoms with Crippen LogP contribution in [0, 0.1) is 0 Å². The number of hydrogen-bond acceptors (Lipinski definition) is 3. The fourth-order valence-electron chi connectivity index (χ4n) is 3.28. The number of hydrogen-bond donors (Lipinski definition) is 1. The van der Waals surface area contributed by atoms with Crippen molar-refractivity contribution in [2.24, 2.45) is 0 Å². The SMILES string of the molecule is CC[C@H](C)NC(=O)c1ccc(Cn2c(=O)c3cccn3c3cccnc32)cc1. The summed E-state index contributed by atoms with van der Waals surface area (Å²) in [6.45, 7) is 4.40. The highest BCUT2D eigenvalue weighted by Gasteiger charge is 2.12. The van der Waals surface area contributed by atoms with Crippen molar-refractivity contribution in [3.8, 4) is 0 Å². The molecule has 0 radical (unpaired) electrons. The molecule has 0 spiro atoms. The van der Waals surface area contributed by atoms with Gasteiger partial charge < -0.3 is 9.72 Å². The molecule has 3 aromatic heterocycles. The molecule has 1 atom stereocenters. The number of amides is 1. The number of benzene rings is 1. The number of carbonyl (C=O) groups excluding carboxylic acids is 1. The van der Waals surface area contributed by atoms with E-state index in [-0.39, 0.29) is 17.5 Å². The van der Waals surface area contributed by atoms with Crippen molar-refractivity contribution in [2.45, 2.75) is 32.9 Å². The van der Waals surface area contributed by atoms with Crippen LogP contribution < -0.4 is 10.9 Å². The molecule has 0 saturated heterocycles. The lowest BCUT2D eigenvalue weighted by Crippen LogP contribution is -2.31. The van der Waals surface area contributed by atoms with Gasteiger partial charge in [-0.25, -0.2) is 4.98 Å². The van der Waals surface area contributed by atoms with Gasteiger partial charge >= 0.3 is 0 Å². The Balaban J connectivity index is 1.69. The molecule has 4 aromatic rings. The van der Waals surface area contributed by atoms with E-state index in [1.807, 2.05) is 60.8 Å². The van der Waals surface area contributed by atoms with E-state index in [9.17, 15) is 9.59 Å². The second-order valence-electron chi connectivity index (χ2n) is 6.98. The predicted molar refractivity (Wildman–Crippen MR) is 110 cm³/mol. The maximum atomic E-state index is 13.0. The van der Waals surface area contributed by atoms with Crippen molar-refractivity contribution in [1.29, 1.82) is 0 Å². The van der Waals surface area contributed by atoms with Crippen LogP contribution in [-0.2, 0) is 6.54 Å². The normalized spacial score (nSPS) is 12.4. The number of rotatable bonds is 5. The van der Waals surface area contributed by atoms with Gasteiger partial charge in [-0.1, -0.05) is 19.1 Å². The number of nitrogens with one attached hydrogen (secondary N) is 1. The Morgan fingerprint density at radius 3 is 2.61 bits per heavy atom. The average Bonchev–Trinajstić information content (AvgIpc) is 3.22. The maximum absolute atomic E-state index is 13.0. The molecule has 1 aromatic carbocycles. The average molecular weight is 374 g/mol. The van der Waals surface area contributed by atoms with Gasteiger partial charge in [0.2, 0.25) is 0 Å². The quantitative estimate of drug-likeness (QED) is 0.583. The summed E-state index contributed by atoms with van der Waals surface area (Å²) in [7, 11) is 0. The Labute approximate surface area is 162 Å². The van der Waals surface area contributed by atoms with Gasteiger partial charge in [-0.05, 0) is 55.3 Å².